The van der Waals surface area contributed by atoms with Crippen LogP contribution in [-0.4, -0.2) is 5.11 Å². The van der Waals surface area contributed by atoms with Gasteiger partial charge in [-0.15, -0.1) is 0 Å². The van der Waals surface area contributed by atoms with Gasteiger partial charge in [-0.2, -0.15) is 0 Å². The molecule has 0 aromatic heterocycles. The SMILES string of the molecule is Oc1cccc(Oc2cccc(Oc3ccccc3)c2-c2ccccc2)c1. The maximum atomic E-state index is 9.72. The number of ether oxygens (including phenoxy) is 2. The third-order valence-electron chi connectivity index (χ3n) is 4.07. The Morgan fingerprint density at radius 1 is 0.519 bits per heavy atom. The molecular weight excluding hydrogens is 336 g/mol. The molecule has 0 saturated heterocycles. The minimum absolute atomic E-state index is 0.158. The van der Waals surface area contributed by atoms with Crippen molar-refractivity contribution in [2.45, 2.75) is 0 Å². The van der Waals surface area contributed by atoms with Crippen LogP contribution >= 0.6 is 0 Å². The molecule has 1 N–H and O–H groups in total. The number of rotatable bonds is 5. The molecule has 27 heavy (non-hydrogen) atoms. The molecule has 0 saturated carbocycles. The summed E-state index contributed by atoms with van der Waals surface area (Å²) in [6, 6.07) is 32.1. The van der Waals surface area contributed by atoms with E-state index in [-0.39, 0.29) is 5.75 Å². The summed E-state index contributed by atoms with van der Waals surface area (Å²) >= 11 is 0. The summed E-state index contributed by atoms with van der Waals surface area (Å²) in [5.74, 6) is 2.82. The van der Waals surface area contributed by atoms with E-state index in [0.717, 1.165) is 16.9 Å². The summed E-state index contributed by atoms with van der Waals surface area (Å²) in [5.41, 5.74) is 1.84. The average Bonchev–Trinajstić information content (AvgIpc) is 2.70. The van der Waals surface area contributed by atoms with Crippen molar-refractivity contribution in [3.8, 4) is 39.9 Å². The van der Waals surface area contributed by atoms with E-state index in [0.29, 0.717) is 17.2 Å². The van der Waals surface area contributed by atoms with Crippen molar-refractivity contribution < 1.29 is 14.6 Å². The van der Waals surface area contributed by atoms with E-state index < -0.39 is 0 Å². The van der Waals surface area contributed by atoms with E-state index in [1.54, 1.807) is 24.3 Å². The minimum atomic E-state index is 0.158. The van der Waals surface area contributed by atoms with E-state index in [9.17, 15) is 5.11 Å². The van der Waals surface area contributed by atoms with Crippen LogP contribution in [0.2, 0.25) is 0 Å². The van der Waals surface area contributed by atoms with E-state index in [4.69, 9.17) is 9.47 Å². The van der Waals surface area contributed by atoms with Gasteiger partial charge in [-0.05, 0) is 42.0 Å². The topological polar surface area (TPSA) is 38.7 Å². The highest BCUT2D eigenvalue weighted by atomic mass is 16.5. The van der Waals surface area contributed by atoms with E-state index in [2.05, 4.69) is 0 Å². The summed E-state index contributed by atoms with van der Waals surface area (Å²) in [7, 11) is 0. The standard InChI is InChI=1S/C24H18O3/c25-19-11-7-14-21(17-19)27-23-16-8-15-22(26-20-12-5-2-6-13-20)24(23)18-9-3-1-4-10-18/h1-17,25H. The smallest absolute Gasteiger partial charge is 0.139 e. The van der Waals surface area contributed by atoms with Crippen molar-refractivity contribution in [3.63, 3.8) is 0 Å². The lowest BCUT2D eigenvalue weighted by Crippen LogP contribution is -1.93. The van der Waals surface area contributed by atoms with Crippen LogP contribution in [-0.2, 0) is 0 Å². The molecule has 3 heteroatoms. The van der Waals surface area contributed by atoms with Crippen LogP contribution in [0, 0.1) is 0 Å². The lowest BCUT2D eigenvalue weighted by molar-refractivity contribution is 0.450. The van der Waals surface area contributed by atoms with Crippen molar-refractivity contribution >= 4 is 0 Å². The number of phenolic OH excluding ortho intramolecular Hbond substituents is 1. The molecule has 0 aliphatic carbocycles. The van der Waals surface area contributed by atoms with Gasteiger partial charge in [0, 0.05) is 6.07 Å². The molecule has 0 radical (unpaired) electrons. The Morgan fingerprint density at radius 3 is 1.74 bits per heavy atom. The summed E-state index contributed by atoms with van der Waals surface area (Å²) < 4.78 is 12.2. The Morgan fingerprint density at radius 2 is 1.07 bits per heavy atom. The van der Waals surface area contributed by atoms with Gasteiger partial charge in [0.05, 0.1) is 5.56 Å². The zero-order chi connectivity index (χ0) is 18.5. The van der Waals surface area contributed by atoms with Crippen LogP contribution in [0.5, 0.6) is 28.7 Å². The van der Waals surface area contributed by atoms with Crippen molar-refractivity contribution in [3.05, 3.63) is 103 Å². The number of benzene rings is 4. The summed E-state index contributed by atoms with van der Waals surface area (Å²) in [6.07, 6.45) is 0. The number of hydrogen-bond donors (Lipinski definition) is 1. The lowest BCUT2D eigenvalue weighted by atomic mass is 10.0. The Labute approximate surface area is 158 Å². The van der Waals surface area contributed by atoms with E-state index in [1.165, 1.54) is 0 Å². The fraction of sp³-hybridized carbons (Fsp3) is 0. The molecule has 132 valence electrons. The van der Waals surface area contributed by atoms with Crippen LogP contribution in [0.25, 0.3) is 11.1 Å². The monoisotopic (exact) mass is 354 g/mol. The molecule has 0 amide bonds. The fourth-order valence-electron chi connectivity index (χ4n) is 2.86. The van der Waals surface area contributed by atoms with Crippen LogP contribution in [0.1, 0.15) is 0 Å². The molecular formula is C24H18O3. The van der Waals surface area contributed by atoms with Crippen LogP contribution in [0.4, 0.5) is 0 Å². The fourth-order valence-corrected chi connectivity index (χ4v) is 2.86. The second kappa shape index (κ2) is 7.67. The Balaban J connectivity index is 1.79. The first-order valence-electron chi connectivity index (χ1n) is 8.68. The second-order valence-corrected chi connectivity index (χ2v) is 6.01. The van der Waals surface area contributed by atoms with Gasteiger partial charge in [0.25, 0.3) is 0 Å². The molecule has 3 nitrogen and oxygen atoms in total. The number of phenols is 1. The summed E-state index contributed by atoms with van der Waals surface area (Å²) in [4.78, 5) is 0. The average molecular weight is 354 g/mol. The van der Waals surface area contributed by atoms with Gasteiger partial charge in [-0.1, -0.05) is 60.7 Å². The first-order chi connectivity index (χ1) is 13.3. The summed E-state index contributed by atoms with van der Waals surface area (Å²) in [6.45, 7) is 0. The molecule has 0 atom stereocenters. The quantitative estimate of drug-likeness (QED) is 0.436. The van der Waals surface area contributed by atoms with Gasteiger partial charge in [0.1, 0.15) is 28.7 Å². The molecule has 0 unspecified atom stereocenters. The third kappa shape index (κ3) is 3.93. The normalized spacial score (nSPS) is 10.4. The molecule has 0 aliphatic heterocycles. The largest absolute Gasteiger partial charge is 0.508 e. The van der Waals surface area contributed by atoms with Gasteiger partial charge in [-0.3, -0.25) is 0 Å². The Hall–Kier alpha value is -3.72. The number of para-hydroxylation sites is 1. The predicted molar refractivity (Wildman–Crippen MR) is 107 cm³/mol. The molecule has 0 heterocycles. The first-order valence-corrected chi connectivity index (χ1v) is 8.68. The summed E-state index contributed by atoms with van der Waals surface area (Å²) in [5, 5.41) is 9.72. The minimum Gasteiger partial charge on any atom is -0.508 e. The highest BCUT2D eigenvalue weighted by Gasteiger charge is 2.15. The maximum Gasteiger partial charge on any atom is 0.139 e. The molecule has 0 spiro atoms. The van der Waals surface area contributed by atoms with E-state index in [1.807, 2.05) is 78.9 Å². The van der Waals surface area contributed by atoms with Gasteiger partial charge >= 0.3 is 0 Å². The van der Waals surface area contributed by atoms with Crippen molar-refractivity contribution in [1.29, 1.82) is 0 Å². The van der Waals surface area contributed by atoms with Gasteiger partial charge in [0.2, 0.25) is 0 Å². The second-order valence-electron chi connectivity index (χ2n) is 6.01. The predicted octanol–water partition coefficient (Wildman–Crippen LogP) is 6.64. The van der Waals surface area contributed by atoms with Crippen LogP contribution in [0.15, 0.2) is 103 Å². The molecule has 0 fully saturated rings. The third-order valence-corrected chi connectivity index (χ3v) is 4.07. The van der Waals surface area contributed by atoms with Gasteiger partial charge in [0.15, 0.2) is 0 Å². The highest BCUT2D eigenvalue weighted by Crippen LogP contribution is 2.42. The lowest BCUT2D eigenvalue weighted by Gasteiger charge is -2.16. The molecule has 4 aromatic rings. The van der Waals surface area contributed by atoms with Gasteiger partial charge in [-0.25, -0.2) is 0 Å². The number of aromatic hydroxyl groups is 1. The molecule has 0 aliphatic rings. The zero-order valence-corrected chi connectivity index (χ0v) is 14.6. The first kappa shape index (κ1) is 16.7. The van der Waals surface area contributed by atoms with Crippen LogP contribution < -0.4 is 9.47 Å². The number of hydrogen-bond acceptors (Lipinski definition) is 3. The highest BCUT2D eigenvalue weighted by molar-refractivity contribution is 5.77. The molecule has 0 bridgehead atoms. The van der Waals surface area contributed by atoms with Crippen molar-refractivity contribution in [2.75, 3.05) is 0 Å². The van der Waals surface area contributed by atoms with Crippen molar-refractivity contribution in [2.24, 2.45) is 0 Å². The Kier molecular flexibility index (Phi) is 4.75. The maximum absolute atomic E-state index is 9.72. The molecule has 4 rings (SSSR count). The Bertz CT molecular complexity index is 1030. The van der Waals surface area contributed by atoms with E-state index >= 15 is 0 Å². The van der Waals surface area contributed by atoms with Crippen LogP contribution in [0.3, 0.4) is 0 Å². The molecule has 4 aromatic carbocycles. The van der Waals surface area contributed by atoms with Gasteiger partial charge < -0.3 is 14.6 Å². The zero-order valence-electron chi connectivity index (χ0n) is 14.6. The van der Waals surface area contributed by atoms with Crippen molar-refractivity contribution in [1.82, 2.24) is 0 Å².